The van der Waals surface area contributed by atoms with E-state index in [2.05, 4.69) is 10.1 Å². The molecule has 31 heavy (non-hydrogen) atoms. The lowest BCUT2D eigenvalue weighted by Gasteiger charge is -2.30. The quantitative estimate of drug-likeness (QED) is 0.579. The van der Waals surface area contributed by atoms with Crippen LogP contribution in [0, 0.1) is 11.8 Å². The van der Waals surface area contributed by atoms with Crippen LogP contribution in [0.4, 0.5) is 13.2 Å². The number of benzene rings is 1. The highest BCUT2D eigenvalue weighted by atomic mass is 35.5. The number of amides is 1. The van der Waals surface area contributed by atoms with Gasteiger partial charge in [0.1, 0.15) is 0 Å². The molecule has 0 bridgehead atoms. The van der Waals surface area contributed by atoms with Gasteiger partial charge in [0, 0.05) is 5.02 Å². The molecule has 1 fully saturated rings. The van der Waals surface area contributed by atoms with E-state index in [9.17, 15) is 27.6 Å². The second-order valence-electron chi connectivity index (χ2n) is 7.31. The molecule has 1 aromatic carbocycles. The Kier molecular flexibility index (Phi) is 9.15. The number of nitrogens with one attached hydrogen (secondary N) is 1. The van der Waals surface area contributed by atoms with Crippen LogP contribution < -0.4 is 5.32 Å². The van der Waals surface area contributed by atoms with Gasteiger partial charge >= 0.3 is 18.1 Å². The topological polar surface area (TPSA) is 81.7 Å². The number of rotatable bonds is 8. The summed E-state index contributed by atoms with van der Waals surface area (Å²) >= 11 is 6.23. The summed E-state index contributed by atoms with van der Waals surface area (Å²) in [4.78, 5) is 37.3. The first kappa shape index (κ1) is 25.0. The van der Waals surface area contributed by atoms with Gasteiger partial charge in [-0.15, -0.1) is 0 Å². The molecule has 1 N–H and O–H groups in total. The van der Waals surface area contributed by atoms with Crippen molar-refractivity contribution in [3.05, 3.63) is 34.9 Å². The van der Waals surface area contributed by atoms with Gasteiger partial charge in [0.25, 0.3) is 0 Å². The van der Waals surface area contributed by atoms with Gasteiger partial charge < -0.3 is 14.8 Å². The maximum Gasteiger partial charge on any atom is 0.422 e. The zero-order chi connectivity index (χ0) is 23.0. The van der Waals surface area contributed by atoms with Crippen LogP contribution in [0.15, 0.2) is 24.3 Å². The molecule has 1 aliphatic carbocycles. The lowest BCUT2D eigenvalue weighted by molar-refractivity contribution is -0.191. The highest BCUT2D eigenvalue weighted by Gasteiger charge is 2.39. The fourth-order valence-corrected chi connectivity index (χ4v) is 3.92. The summed E-state index contributed by atoms with van der Waals surface area (Å²) in [5, 5.41) is 3.07. The predicted octanol–water partition coefficient (Wildman–Crippen LogP) is 4.36. The molecule has 2 rings (SSSR count). The molecule has 0 spiro atoms. The van der Waals surface area contributed by atoms with Crippen molar-refractivity contribution in [1.29, 1.82) is 0 Å². The Morgan fingerprint density at radius 3 is 2.39 bits per heavy atom. The molecular formula is C21H25ClF3NO5. The largest absolute Gasteiger partial charge is 0.466 e. The van der Waals surface area contributed by atoms with E-state index < -0.39 is 48.5 Å². The van der Waals surface area contributed by atoms with Crippen molar-refractivity contribution in [2.45, 2.75) is 51.2 Å². The number of esters is 2. The van der Waals surface area contributed by atoms with E-state index in [1.54, 1.807) is 31.2 Å². The summed E-state index contributed by atoms with van der Waals surface area (Å²) < 4.78 is 46.6. The van der Waals surface area contributed by atoms with Gasteiger partial charge in [-0.3, -0.25) is 14.4 Å². The lowest BCUT2D eigenvalue weighted by atomic mass is 9.78. The average molecular weight is 464 g/mol. The van der Waals surface area contributed by atoms with Crippen LogP contribution in [0.2, 0.25) is 5.02 Å². The fourth-order valence-electron chi connectivity index (χ4n) is 3.65. The Bertz CT molecular complexity index is 787. The van der Waals surface area contributed by atoms with Crippen molar-refractivity contribution < 1.29 is 37.0 Å². The molecular weight excluding hydrogens is 439 g/mol. The second kappa shape index (κ2) is 11.4. The van der Waals surface area contributed by atoms with Crippen molar-refractivity contribution in [3.63, 3.8) is 0 Å². The zero-order valence-electron chi connectivity index (χ0n) is 17.0. The molecule has 3 atom stereocenters. The van der Waals surface area contributed by atoms with E-state index in [0.29, 0.717) is 29.8 Å². The van der Waals surface area contributed by atoms with E-state index in [-0.39, 0.29) is 19.4 Å². The SMILES string of the molecule is CCOC(=O)C[C@H](NC(=O)[C@@H]1CCCC[C@@H]1C(=O)OCC(F)(F)F)c1ccccc1Cl. The van der Waals surface area contributed by atoms with Crippen LogP contribution in [0.25, 0.3) is 0 Å². The van der Waals surface area contributed by atoms with Crippen LogP contribution >= 0.6 is 11.6 Å². The van der Waals surface area contributed by atoms with Gasteiger partial charge in [-0.05, 0) is 31.4 Å². The van der Waals surface area contributed by atoms with Crippen LogP contribution in [0.1, 0.15) is 50.6 Å². The number of alkyl halides is 3. The van der Waals surface area contributed by atoms with Crippen LogP contribution in [-0.2, 0) is 23.9 Å². The summed E-state index contributed by atoms with van der Waals surface area (Å²) in [6, 6.07) is 5.85. The van der Waals surface area contributed by atoms with Gasteiger partial charge in [0.15, 0.2) is 6.61 Å². The van der Waals surface area contributed by atoms with Crippen molar-refractivity contribution in [2.75, 3.05) is 13.2 Å². The first-order valence-corrected chi connectivity index (χ1v) is 10.4. The maximum atomic E-state index is 13.0. The summed E-state index contributed by atoms with van der Waals surface area (Å²) in [6.45, 7) is 0.125. The second-order valence-corrected chi connectivity index (χ2v) is 7.72. The van der Waals surface area contributed by atoms with E-state index in [0.717, 1.165) is 0 Å². The lowest BCUT2D eigenvalue weighted by Crippen LogP contribution is -2.42. The van der Waals surface area contributed by atoms with Crippen molar-refractivity contribution >= 4 is 29.4 Å². The number of carbonyl (C=O) groups is 3. The van der Waals surface area contributed by atoms with E-state index >= 15 is 0 Å². The predicted molar refractivity (Wildman–Crippen MR) is 106 cm³/mol. The molecule has 6 nitrogen and oxygen atoms in total. The molecule has 1 amide bonds. The third-order valence-electron chi connectivity index (χ3n) is 5.06. The average Bonchev–Trinajstić information content (AvgIpc) is 2.71. The van der Waals surface area contributed by atoms with Gasteiger partial charge in [0.05, 0.1) is 30.9 Å². The number of hydrogen-bond acceptors (Lipinski definition) is 5. The van der Waals surface area contributed by atoms with E-state index in [1.807, 2.05) is 0 Å². The van der Waals surface area contributed by atoms with Crippen molar-refractivity contribution in [2.24, 2.45) is 11.8 Å². The molecule has 1 saturated carbocycles. The van der Waals surface area contributed by atoms with Crippen LogP contribution in [-0.4, -0.2) is 37.2 Å². The van der Waals surface area contributed by atoms with Crippen molar-refractivity contribution in [3.8, 4) is 0 Å². The monoisotopic (exact) mass is 463 g/mol. The Morgan fingerprint density at radius 2 is 1.77 bits per heavy atom. The number of carbonyl (C=O) groups excluding carboxylic acids is 3. The van der Waals surface area contributed by atoms with Gasteiger partial charge in [-0.25, -0.2) is 0 Å². The number of hydrogen-bond donors (Lipinski definition) is 1. The highest BCUT2D eigenvalue weighted by molar-refractivity contribution is 6.31. The minimum atomic E-state index is -4.64. The van der Waals surface area contributed by atoms with Crippen molar-refractivity contribution in [1.82, 2.24) is 5.32 Å². The molecule has 172 valence electrons. The molecule has 1 aromatic rings. The molecule has 0 aromatic heterocycles. The number of ether oxygens (including phenoxy) is 2. The third-order valence-corrected chi connectivity index (χ3v) is 5.40. The smallest absolute Gasteiger partial charge is 0.422 e. The minimum absolute atomic E-state index is 0.164. The molecule has 0 unspecified atom stereocenters. The van der Waals surface area contributed by atoms with E-state index in [4.69, 9.17) is 16.3 Å². The Labute approximate surface area is 183 Å². The molecule has 1 aliphatic rings. The van der Waals surface area contributed by atoms with Gasteiger partial charge in [0.2, 0.25) is 5.91 Å². The number of halogens is 4. The van der Waals surface area contributed by atoms with Gasteiger partial charge in [-0.1, -0.05) is 42.6 Å². The molecule has 0 aliphatic heterocycles. The normalized spacial score (nSPS) is 19.9. The summed E-state index contributed by atoms with van der Waals surface area (Å²) in [5.41, 5.74) is 0.498. The summed E-state index contributed by atoms with van der Waals surface area (Å²) in [7, 11) is 0. The third kappa shape index (κ3) is 7.72. The zero-order valence-corrected chi connectivity index (χ0v) is 17.8. The summed E-state index contributed by atoms with van der Waals surface area (Å²) in [6.07, 6.45) is -2.99. The highest BCUT2D eigenvalue weighted by Crippen LogP contribution is 2.33. The molecule has 0 heterocycles. The fraction of sp³-hybridized carbons (Fsp3) is 0.571. The van der Waals surface area contributed by atoms with Crippen LogP contribution in [0.3, 0.4) is 0 Å². The molecule has 0 saturated heterocycles. The minimum Gasteiger partial charge on any atom is -0.466 e. The van der Waals surface area contributed by atoms with Crippen LogP contribution in [0.5, 0.6) is 0 Å². The first-order valence-electron chi connectivity index (χ1n) is 10.1. The molecule has 0 radical (unpaired) electrons. The summed E-state index contributed by atoms with van der Waals surface area (Å²) in [5.74, 6) is -3.97. The molecule has 10 heteroatoms. The Hall–Kier alpha value is -2.29. The van der Waals surface area contributed by atoms with Gasteiger partial charge in [-0.2, -0.15) is 13.2 Å². The maximum absolute atomic E-state index is 13.0. The Balaban J connectivity index is 2.16. The Morgan fingerprint density at radius 1 is 1.13 bits per heavy atom. The first-order chi connectivity index (χ1) is 14.6. The standard InChI is InChI=1S/C21H25ClF3NO5/c1-2-30-18(27)11-17(15-9-5-6-10-16(15)22)26-19(28)13-7-3-4-8-14(13)20(29)31-12-21(23,24)25/h5-6,9-10,13-14,17H,2-4,7-8,11-12H2,1H3,(H,26,28)/t13-,14+,17+/m1/s1. The van der Waals surface area contributed by atoms with E-state index in [1.165, 1.54) is 0 Å².